The van der Waals surface area contributed by atoms with Gasteiger partial charge in [0.1, 0.15) is 0 Å². The zero-order valence-electron chi connectivity index (χ0n) is 15.9. The molecule has 2 aromatic carbocycles. The van der Waals surface area contributed by atoms with Crippen LogP contribution in [0.25, 0.3) is 5.69 Å². The lowest BCUT2D eigenvalue weighted by molar-refractivity contribution is 0.0991. The van der Waals surface area contributed by atoms with Crippen molar-refractivity contribution in [3.05, 3.63) is 88.4 Å². The van der Waals surface area contributed by atoms with Gasteiger partial charge < -0.3 is 10.2 Å². The minimum absolute atomic E-state index is 0.0157. The molecule has 4 aromatic rings. The summed E-state index contributed by atoms with van der Waals surface area (Å²) >= 11 is 1.43. The Balaban J connectivity index is 1.35. The number of thiophene rings is 1. The molecule has 0 saturated heterocycles. The molecule has 1 aliphatic rings. The monoisotopic (exact) mass is 415 g/mol. The van der Waals surface area contributed by atoms with Gasteiger partial charge in [0.15, 0.2) is 5.69 Å². The molecule has 2 aromatic heterocycles. The number of aromatic nitrogens is 3. The fourth-order valence-electron chi connectivity index (χ4n) is 3.45. The second-order valence-electron chi connectivity index (χ2n) is 6.84. The Bertz CT molecular complexity index is 1220. The van der Waals surface area contributed by atoms with E-state index in [2.05, 4.69) is 15.5 Å². The molecular formula is C22H17N5O2S. The maximum Gasteiger partial charge on any atom is 0.277 e. The van der Waals surface area contributed by atoms with Crippen molar-refractivity contribution in [1.29, 1.82) is 0 Å². The Morgan fingerprint density at radius 2 is 1.90 bits per heavy atom. The zero-order chi connectivity index (χ0) is 20.5. The second kappa shape index (κ2) is 7.57. The molecule has 30 heavy (non-hydrogen) atoms. The normalized spacial score (nSPS) is 12.6. The highest BCUT2D eigenvalue weighted by molar-refractivity contribution is 7.12. The van der Waals surface area contributed by atoms with E-state index >= 15 is 0 Å². The molecule has 0 fully saturated rings. The number of amides is 2. The first-order valence-corrected chi connectivity index (χ1v) is 10.3. The maximum atomic E-state index is 12.8. The summed E-state index contributed by atoms with van der Waals surface area (Å²) in [6.45, 7) is 0.634. The Labute approximate surface area is 176 Å². The Morgan fingerprint density at radius 1 is 1.03 bits per heavy atom. The van der Waals surface area contributed by atoms with Crippen LogP contribution in [-0.2, 0) is 6.42 Å². The van der Waals surface area contributed by atoms with Gasteiger partial charge in [-0.25, -0.2) is 0 Å². The SMILES string of the molecule is O=C(Nc1ccc2c(c1)N(C(=O)c1cccs1)CC2)c1cnn(-c2ccccc2)n1. The molecule has 1 N–H and O–H groups in total. The van der Waals surface area contributed by atoms with E-state index in [9.17, 15) is 9.59 Å². The van der Waals surface area contributed by atoms with Crippen molar-refractivity contribution in [2.24, 2.45) is 0 Å². The lowest BCUT2D eigenvalue weighted by Gasteiger charge is -2.17. The van der Waals surface area contributed by atoms with Crippen molar-refractivity contribution in [2.45, 2.75) is 6.42 Å². The van der Waals surface area contributed by atoms with Gasteiger partial charge in [-0.3, -0.25) is 9.59 Å². The molecule has 0 saturated carbocycles. The number of carbonyl (C=O) groups is 2. The Hall–Kier alpha value is -3.78. The van der Waals surface area contributed by atoms with E-state index in [0.29, 0.717) is 17.1 Å². The third-order valence-corrected chi connectivity index (χ3v) is 5.79. The molecule has 148 valence electrons. The molecule has 0 aliphatic carbocycles. The minimum Gasteiger partial charge on any atom is -0.320 e. The lowest BCUT2D eigenvalue weighted by atomic mass is 10.1. The van der Waals surface area contributed by atoms with Crippen LogP contribution in [0.3, 0.4) is 0 Å². The fourth-order valence-corrected chi connectivity index (χ4v) is 4.12. The number of anilines is 2. The largest absolute Gasteiger partial charge is 0.320 e. The van der Waals surface area contributed by atoms with Crippen molar-refractivity contribution >= 4 is 34.5 Å². The fraction of sp³-hybridized carbons (Fsp3) is 0.0909. The molecule has 0 unspecified atom stereocenters. The Kier molecular flexibility index (Phi) is 4.61. The van der Waals surface area contributed by atoms with E-state index in [1.807, 2.05) is 66.0 Å². The summed E-state index contributed by atoms with van der Waals surface area (Å²) in [4.78, 5) is 29.3. The number of benzene rings is 2. The van der Waals surface area contributed by atoms with Crippen molar-refractivity contribution in [2.75, 3.05) is 16.8 Å². The highest BCUT2D eigenvalue weighted by Gasteiger charge is 2.26. The molecule has 8 heteroatoms. The van der Waals surface area contributed by atoms with Crippen LogP contribution in [0.2, 0.25) is 0 Å². The van der Waals surface area contributed by atoms with Crippen LogP contribution in [-0.4, -0.2) is 33.4 Å². The molecule has 0 atom stereocenters. The van der Waals surface area contributed by atoms with Gasteiger partial charge >= 0.3 is 0 Å². The van der Waals surface area contributed by atoms with Crippen molar-refractivity contribution < 1.29 is 9.59 Å². The van der Waals surface area contributed by atoms with Crippen LogP contribution in [0, 0.1) is 0 Å². The van der Waals surface area contributed by atoms with Gasteiger partial charge in [-0.15, -0.1) is 16.4 Å². The Morgan fingerprint density at radius 3 is 2.70 bits per heavy atom. The van der Waals surface area contributed by atoms with E-state index in [1.54, 1.807) is 4.90 Å². The number of nitrogens with zero attached hydrogens (tertiary/aromatic N) is 4. The summed E-state index contributed by atoms with van der Waals surface area (Å²) in [5, 5.41) is 13.2. The number of hydrogen-bond acceptors (Lipinski definition) is 5. The molecule has 5 rings (SSSR count). The first kappa shape index (κ1) is 18.3. The average molecular weight is 415 g/mol. The quantitative estimate of drug-likeness (QED) is 0.550. The molecule has 0 spiro atoms. The minimum atomic E-state index is -0.355. The summed E-state index contributed by atoms with van der Waals surface area (Å²) < 4.78 is 0. The first-order chi connectivity index (χ1) is 14.7. The van der Waals surface area contributed by atoms with E-state index in [0.717, 1.165) is 23.4 Å². The number of fused-ring (bicyclic) bond motifs is 1. The van der Waals surface area contributed by atoms with Crippen LogP contribution in [0.1, 0.15) is 25.7 Å². The van der Waals surface area contributed by atoms with Gasteiger partial charge in [0.2, 0.25) is 0 Å². The van der Waals surface area contributed by atoms with Crippen LogP contribution in [0.5, 0.6) is 0 Å². The molecule has 7 nitrogen and oxygen atoms in total. The van der Waals surface area contributed by atoms with Gasteiger partial charge in [0.25, 0.3) is 11.8 Å². The third kappa shape index (κ3) is 3.37. The average Bonchev–Trinajstić information content (AvgIpc) is 3.54. The van der Waals surface area contributed by atoms with Gasteiger partial charge in [0.05, 0.1) is 16.8 Å². The standard InChI is InChI=1S/C22H17N5O2S/c28-21(18-14-23-27(25-18)17-5-2-1-3-6-17)24-16-9-8-15-10-11-26(19(15)13-16)22(29)20-7-4-12-30-20/h1-9,12-14H,10-11H2,(H,24,28). The number of rotatable bonds is 4. The van der Waals surface area contributed by atoms with E-state index in [-0.39, 0.29) is 17.5 Å². The molecule has 0 radical (unpaired) electrons. The van der Waals surface area contributed by atoms with Gasteiger partial charge in [0, 0.05) is 17.9 Å². The van der Waals surface area contributed by atoms with Gasteiger partial charge in [-0.2, -0.15) is 9.90 Å². The number of para-hydroxylation sites is 1. The number of hydrogen-bond donors (Lipinski definition) is 1. The van der Waals surface area contributed by atoms with E-state index < -0.39 is 0 Å². The van der Waals surface area contributed by atoms with E-state index in [4.69, 9.17) is 0 Å². The molecule has 1 aliphatic heterocycles. The van der Waals surface area contributed by atoms with Crippen LogP contribution >= 0.6 is 11.3 Å². The zero-order valence-corrected chi connectivity index (χ0v) is 16.7. The highest BCUT2D eigenvalue weighted by Crippen LogP contribution is 2.32. The summed E-state index contributed by atoms with van der Waals surface area (Å²) in [6.07, 6.45) is 2.23. The first-order valence-electron chi connectivity index (χ1n) is 9.46. The topological polar surface area (TPSA) is 80.1 Å². The molecular weight excluding hydrogens is 398 g/mol. The van der Waals surface area contributed by atoms with Crippen LogP contribution in [0.4, 0.5) is 11.4 Å². The van der Waals surface area contributed by atoms with E-state index in [1.165, 1.54) is 22.3 Å². The van der Waals surface area contributed by atoms with Crippen LogP contribution < -0.4 is 10.2 Å². The maximum absolute atomic E-state index is 12.8. The summed E-state index contributed by atoms with van der Waals surface area (Å²) in [6, 6.07) is 18.7. The van der Waals surface area contributed by atoms with Crippen molar-refractivity contribution in [3.8, 4) is 5.69 Å². The number of carbonyl (C=O) groups excluding carboxylic acids is 2. The van der Waals surface area contributed by atoms with Gasteiger partial charge in [-0.05, 0) is 47.7 Å². The van der Waals surface area contributed by atoms with Crippen LogP contribution in [0.15, 0.2) is 72.2 Å². The van der Waals surface area contributed by atoms with Gasteiger partial charge in [-0.1, -0.05) is 30.3 Å². The third-order valence-electron chi connectivity index (χ3n) is 4.93. The predicted octanol–water partition coefficient (Wildman–Crippen LogP) is 3.78. The highest BCUT2D eigenvalue weighted by atomic mass is 32.1. The summed E-state index contributed by atoms with van der Waals surface area (Å²) in [5.41, 5.74) is 3.52. The van der Waals surface area contributed by atoms with Crippen molar-refractivity contribution in [3.63, 3.8) is 0 Å². The predicted molar refractivity (Wildman–Crippen MR) is 115 cm³/mol. The molecule has 2 amide bonds. The summed E-state index contributed by atoms with van der Waals surface area (Å²) in [7, 11) is 0. The molecule has 0 bridgehead atoms. The van der Waals surface area contributed by atoms with Crippen molar-refractivity contribution in [1.82, 2.24) is 15.0 Å². The second-order valence-corrected chi connectivity index (χ2v) is 7.78. The number of nitrogens with one attached hydrogen (secondary N) is 1. The smallest absolute Gasteiger partial charge is 0.277 e. The summed E-state index contributed by atoms with van der Waals surface area (Å²) in [5.74, 6) is -0.371. The lowest BCUT2D eigenvalue weighted by Crippen LogP contribution is -2.28. The molecule has 3 heterocycles.